The second-order valence-corrected chi connectivity index (χ2v) is 14.4. The minimum absolute atomic E-state index is 0.0240. The predicted molar refractivity (Wildman–Crippen MR) is 202 cm³/mol. The first kappa shape index (κ1) is 42.2. The lowest BCUT2D eigenvalue weighted by Crippen LogP contribution is -2.36. The molecule has 4 amide bonds. The zero-order valence-corrected chi connectivity index (χ0v) is 31.0. The van der Waals surface area contributed by atoms with Gasteiger partial charge in [0, 0.05) is 36.8 Å². The highest BCUT2D eigenvalue weighted by molar-refractivity contribution is 8.00. The molecule has 0 saturated carbocycles. The molecule has 0 unspecified atom stereocenters. The first-order chi connectivity index (χ1) is 23.9. The third kappa shape index (κ3) is 21.6. The molecule has 9 nitrogen and oxygen atoms in total. The van der Waals surface area contributed by atoms with Crippen LogP contribution in [0.15, 0.2) is 48.6 Å². The van der Waals surface area contributed by atoms with Crippen LogP contribution in [0.5, 0.6) is 0 Å². The van der Waals surface area contributed by atoms with Crippen molar-refractivity contribution in [2.75, 3.05) is 18.9 Å². The van der Waals surface area contributed by atoms with E-state index in [1.54, 1.807) is 0 Å². The predicted octanol–water partition coefficient (Wildman–Crippen LogP) is 7.58. The third-order valence-electron chi connectivity index (χ3n) is 8.59. The van der Waals surface area contributed by atoms with Gasteiger partial charge in [0.15, 0.2) is 0 Å². The Kier molecular flexibility index (Phi) is 23.9. The SMILES string of the molecule is CCCCC/C=C\C/C=C\C/C=C\C/C=C\CCCC(=O)N[C@H](C)COC(=O)CCCCCNC(=O)CCCC[C@@H]1SC[C@@H]2NC(=O)N[C@@H]21. The van der Waals surface area contributed by atoms with Crippen LogP contribution in [0.1, 0.15) is 129 Å². The average Bonchev–Trinajstić information content (AvgIpc) is 3.64. The van der Waals surface area contributed by atoms with Crippen LogP contribution in [0.3, 0.4) is 0 Å². The maximum atomic E-state index is 12.2. The monoisotopic (exact) mass is 700 g/mol. The van der Waals surface area contributed by atoms with Gasteiger partial charge >= 0.3 is 12.0 Å². The molecule has 10 heteroatoms. The van der Waals surface area contributed by atoms with E-state index in [-0.39, 0.29) is 48.5 Å². The minimum Gasteiger partial charge on any atom is -0.464 e. The number of unbranched alkanes of at least 4 members (excludes halogenated alkanes) is 7. The van der Waals surface area contributed by atoms with Gasteiger partial charge in [-0.3, -0.25) is 14.4 Å². The van der Waals surface area contributed by atoms with Crippen molar-refractivity contribution in [3.63, 3.8) is 0 Å². The molecule has 0 radical (unpaired) electrons. The Hall–Kier alpha value is -3.01. The number of hydrogen-bond acceptors (Lipinski definition) is 6. The Morgan fingerprint density at radius 2 is 1.45 bits per heavy atom. The van der Waals surface area contributed by atoms with Crippen LogP contribution in [0.2, 0.25) is 0 Å². The second kappa shape index (κ2) is 27.8. The molecule has 49 heavy (non-hydrogen) atoms. The summed E-state index contributed by atoms with van der Waals surface area (Å²) >= 11 is 1.90. The van der Waals surface area contributed by atoms with Crippen LogP contribution in [0.25, 0.3) is 0 Å². The maximum Gasteiger partial charge on any atom is 0.315 e. The fourth-order valence-corrected chi connectivity index (χ4v) is 7.33. The summed E-state index contributed by atoms with van der Waals surface area (Å²) in [5.41, 5.74) is 0. The number of allylic oxidation sites excluding steroid dienone is 8. The Morgan fingerprint density at radius 3 is 2.16 bits per heavy atom. The molecule has 2 fully saturated rings. The molecule has 2 rings (SSSR count). The first-order valence-electron chi connectivity index (χ1n) is 18.9. The fourth-order valence-electron chi connectivity index (χ4n) is 5.78. The van der Waals surface area contributed by atoms with Crippen LogP contribution in [-0.4, -0.2) is 66.1 Å². The van der Waals surface area contributed by atoms with Gasteiger partial charge in [0.05, 0.1) is 18.1 Å². The number of esters is 1. The van der Waals surface area contributed by atoms with E-state index in [2.05, 4.69) is 76.8 Å². The van der Waals surface area contributed by atoms with E-state index in [1.807, 2.05) is 18.7 Å². The van der Waals surface area contributed by atoms with Crippen molar-refractivity contribution in [2.24, 2.45) is 0 Å². The normalized spacial score (nSPS) is 19.5. The summed E-state index contributed by atoms with van der Waals surface area (Å²) in [4.78, 5) is 47.9. The molecule has 2 saturated heterocycles. The fraction of sp³-hybridized carbons (Fsp3) is 0.692. The molecule has 0 aliphatic carbocycles. The molecule has 2 heterocycles. The van der Waals surface area contributed by atoms with E-state index in [9.17, 15) is 19.2 Å². The van der Waals surface area contributed by atoms with Crippen molar-refractivity contribution in [3.8, 4) is 0 Å². The van der Waals surface area contributed by atoms with Gasteiger partial charge in [-0.15, -0.1) is 0 Å². The molecule has 0 bridgehead atoms. The van der Waals surface area contributed by atoms with Gasteiger partial charge in [0.2, 0.25) is 11.8 Å². The molecule has 0 aromatic heterocycles. The van der Waals surface area contributed by atoms with Crippen molar-refractivity contribution < 1.29 is 23.9 Å². The average molecular weight is 701 g/mol. The topological polar surface area (TPSA) is 126 Å². The summed E-state index contributed by atoms with van der Waals surface area (Å²) in [6.45, 7) is 4.86. The van der Waals surface area contributed by atoms with Gasteiger partial charge < -0.3 is 26.0 Å². The van der Waals surface area contributed by atoms with Crippen molar-refractivity contribution in [2.45, 2.75) is 153 Å². The molecule has 0 spiro atoms. The van der Waals surface area contributed by atoms with Gasteiger partial charge in [0.1, 0.15) is 6.61 Å². The maximum absolute atomic E-state index is 12.2. The highest BCUT2D eigenvalue weighted by atomic mass is 32.2. The lowest BCUT2D eigenvalue weighted by molar-refractivity contribution is -0.145. The summed E-state index contributed by atoms with van der Waals surface area (Å²) < 4.78 is 5.33. The molecule has 2 aliphatic heterocycles. The van der Waals surface area contributed by atoms with Crippen molar-refractivity contribution >= 4 is 35.6 Å². The number of fused-ring (bicyclic) bond motifs is 1. The zero-order chi connectivity index (χ0) is 35.4. The summed E-state index contributed by atoms with van der Waals surface area (Å²) in [6, 6.07) is 0.173. The molecule has 2 aliphatic rings. The standard InChI is InChI=1S/C39H64N4O5S/c1-3-4-5-6-7-8-9-10-11-12-13-14-15-16-17-18-20-27-36(45)41-32(2)30-48-37(46)28-21-19-24-29-40-35(44)26-23-22-25-34-38-33(31-49-34)42-39(47)43-38/h7-8,10-11,13-14,16-17,32-34,38H,3-6,9,12,15,18-31H2,1-2H3,(H,40,44)(H,41,45)(H2,42,43,47)/b8-7-,11-10-,14-13-,17-16-/t32-,33+,34+,38+/m1/s1. The lowest BCUT2D eigenvalue weighted by atomic mass is 10.0. The van der Waals surface area contributed by atoms with Gasteiger partial charge in [-0.05, 0) is 77.6 Å². The summed E-state index contributed by atoms with van der Waals surface area (Å²) in [7, 11) is 0. The number of nitrogens with one attached hydrogen (secondary N) is 4. The second-order valence-electron chi connectivity index (χ2n) is 13.2. The molecule has 0 aromatic carbocycles. The number of rotatable bonds is 28. The van der Waals surface area contributed by atoms with E-state index in [0.717, 1.165) is 70.0 Å². The van der Waals surface area contributed by atoms with Gasteiger partial charge in [-0.25, -0.2) is 4.79 Å². The number of carbonyl (C=O) groups excluding carboxylic acids is 4. The molecule has 4 N–H and O–H groups in total. The lowest BCUT2D eigenvalue weighted by Gasteiger charge is -2.16. The Morgan fingerprint density at radius 1 is 0.796 bits per heavy atom. The van der Waals surface area contributed by atoms with Crippen LogP contribution in [-0.2, 0) is 19.1 Å². The van der Waals surface area contributed by atoms with Gasteiger partial charge in [0.25, 0.3) is 0 Å². The van der Waals surface area contributed by atoms with Crippen molar-refractivity contribution in [1.82, 2.24) is 21.3 Å². The van der Waals surface area contributed by atoms with Gasteiger partial charge in [-0.2, -0.15) is 11.8 Å². The van der Waals surface area contributed by atoms with E-state index < -0.39 is 0 Å². The quantitative estimate of drug-likeness (QED) is 0.0289. The molecular formula is C39H64N4O5S. The van der Waals surface area contributed by atoms with E-state index >= 15 is 0 Å². The van der Waals surface area contributed by atoms with Crippen LogP contribution in [0, 0.1) is 0 Å². The summed E-state index contributed by atoms with van der Waals surface area (Å²) in [5, 5.41) is 12.3. The summed E-state index contributed by atoms with van der Waals surface area (Å²) in [6.07, 6.45) is 33.6. The summed E-state index contributed by atoms with van der Waals surface area (Å²) in [5.74, 6) is 0.742. The molecule has 276 valence electrons. The number of ether oxygens (including phenoxy) is 1. The van der Waals surface area contributed by atoms with Gasteiger partial charge in [-0.1, -0.05) is 81.2 Å². The van der Waals surface area contributed by atoms with Crippen LogP contribution >= 0.6 is 11.8 Å². The molecule has 4 atom stereocenters. The minimum atomic E-state index is -0.259. The number of amides is 4. The third-order valence-corrected chi connectivity index (χ3v) is 10.1. The highest BCUT2D eigenvalue weighted by Gasteiger charge is 2.42. The molecule has 0 aromatic rings. The van der Waals surface area contributed by atoms with E-state index in [1.165, 1.54) is 25.7 Å². The first-order valence-corrected chi connectivity index (χ1v) is 19.9. The van der Waals surface area contributed by atoms with Crippen LogP contribution < -0.4 is 21.3 Å². The van der Waals surface area contributed by atoms with E-state index in [4.69, 9.17) is 4.74 Å². The zero-order valence-electron chi connectivity index (χ0n) is 30.2. The smallest absolute Gasteiger partial charge is 0.315 e. The molecular weight excluding hydrogens is 637 g/mol. The van der Waals surface area contributed by atoms with Crippen molar-refractivity contribution in [3.05, 3.63) is 48.6 Å². The number of hydrogen-bond donors (Lipinski definition) is 4. The Labute approximate surface area is 300 Å². The Balaban J connectivity index is 1.34. The number of carbonyl (C=O) groups is 4. The van der Waals surface area contributed by atoms with Crippen molar-refractivity contribution in [1.29, 1.82) is 0 Å². The number of urea groups is 1. The number of thioether (sulfide) groups is 1. The van der Waals surface area contributed by atoms with E-state index in [0.29, 0.717) is 37.5 Å². The highest BCUT2D eigenvalue weighted by Crippen LogP contribution is 2.33. The largest absolute Gasteiger partial charge is 0.464 e. The Bertz CT molecular complexity index is 1080. The van der Waals surface area contributed by atoms with Crippen LogP contribution in [0.4, 0.5) is 4.79 Å².